The van der Waals surface area contributed by atoms with Crippen molar-refractivity contribution in [1.82, 2.24) is 5.32 Å². The molecule has 1 aliphatic rings. The molecular weight excluding hydrogens is 226 g/mol. The Bertz CT molecular complexity index is 273. The summed E-state index contributed by atoms with van der Waals surface area (Å²) in [6.07, 6.45) is 2.72. The van der Waals surface area contributed by atoms with E-state index in [0.717, 1.165) is 19.3 Å². The molecule has 0 bridgehead atoms. The molecule has 98 valence electrons. The van der Waals surface area contributed by atoms with Crippen molar-refractivity contribution in [1.29, 1.82) is 0 Å². The smallest absolute Gasteiger partial charge is 0.409 e. The Morgan fingerprint density at radius 1 is 1.47 bits per heavy atom. The number of alkyl carbamates (subject to hydrolysis) is 1. The lowest BCUT2D eigenvalue weighted by Crippen LogP contribution is -2.58. The van der Waals surface area contributed by atoms with Gasteiger partial charge >= 0.3 is 12.1 Å². The van der Waals surface area contributed by atoms with Crippen LogP contribution in [0.2, 0.25) is 0 Å². The van der Waals surface area contributed by atoms with E-state index in [1.807, 2.05) is 6.92 Å². The van der Waals surface area contributed by atoms with E-state index in [0.29, 0.717) is 13.0 Å². The first-order valence-corrected chi connectivity index (χ1v) is 5.93. The zero-order chi connectivity index (χ0) is 12.7. The third kappa shape index (κ3) is 3.89. The van der Waals surface area contributed by atoms with Crippen molar-refractivity contribution in [2.75, 3.05) is 13.2 Å². The number of carboxylic acids is 1. The summed E-state index contributed by atoms with van der Waals surface area (Å²) in [5, 5.41) is 11.4. The van der Waals surface area contributed by atoms with Gasteiger partial charge in [0.2, 0.25) is 5.72 Å². The molecule has 1 amide bonds. The van der Waals surface area contributed by atoms with E-state index in [1.165, 1.54) is 0 Å². The van der Waals surface area contributed by atoms with Crippen LogP contribution in [0.3, 0.4) is 0 Å². The lowest BCUT2D eigenvalue weighted by Gasteiger charge is -2.33. The van der Waals surface area contributed by atoms with Crippen molar-refractivity contribution in [2.24, 2.45) is 0 Å². The van der Waals surface area contributed by atoms with E-state index >= 15 is 0 Å². The van der Waals surface area contributed by atoms with Crippen LogP contribution in [0.1, 0.15) is 39.0 Å². The van der Waals surface area contributed by atoms with Gasteiger partial charge in [0.05, 0.1) is 13.2 Å². The molecule has 0 aliphatic carbocycles. The summed E-state index contributed by atoms with van der Waals surface area (Å²) >= 11 is 0. The minimum Gasteiger partial charge on any atom is -0.478 e. The molecule has 0 saturated carbocycles. The van der Waals surface area contributed by atoms with Gasteiger partial charge in [-0.05, 0) is 19.3 Å². The minimum atomic E-state index is -1.61. The molecule has 1 unspecified atom stereocenters. The average molecular weight is 245 g/mol. The monoisotopic (exact) mass is 245 g/mol. The van der Waals surface area contributed by atoms with E-state index in [2.05, 4.69) is 5.32 Å². The number of hydrogen-bond acceptors (Lipinski definition) is 4. The van der Waals surface area contributed by atoms with Crippen molar-refractivity contribution in [3.63, 3.8) is 0 Å². The molecule has 1 rings (SSSR count). The van der Waals surface area contributed by atoms with Crippen LogP contribution in [0, 0.1) is 0 Å². The lowest BCUT2D eigenvalue weighted by molar-refractivity contribution is -0.177. The highest BCUT2D eigenvalue weighted by Crippen LogP contribution is 2.22. The number of hydrogen-bond donors (Lipinski definition) is 2. The van der Waals surface area contributed by atoms with Crippen LogP contribution < -0.4 is 5.32 Å². The molecular formula is C11H19NO5. The first kappa shape index (κ1) is 13.8. The van der Waals surface area contributed by atoms with Crippen LogP contribution in [-0.2, 0) is 14.3 Å². The van der Waals surface area contributed by atoms with E-state index in [-0.39, 0.29) is 13.0 Å². The molecule has 17 heavy (non-hydrogen) atoms. The number of carbonyl (C=O) groups excluding carboxylic acids is 1. The number of unbranched alkanes of at least 4 members (excludes halogenated alkanes) is 1. The Balaban J connectivity index is 2.48. The highest BCUT2D eigenvalue weighted by atomic mass is 16.6. The summed E-state index contributed by atoms with van der Waals surface area (Å²) in [6.45, 7) is 2.60. The van der Waals surface area contributed by atoms with E-state index < -0.39 is 17.8 Å². The zero-order valence-corrected chi connectivity index (χ0v) is 10.0. The highest BCUT2D eigenvalue weighted by Gasteiger charge is 2.43. The molecule has 2 N–H and O–H groups in total. The first-order valence-electron chi connectivity index (χ1n) is 5.93. The molecule has 1 heterocycles. The Hall–Kier alpha value is -1.30. The number of rotatable bonds is 5. The fraction of sp³-hybridized carbons (Fsp3) is 0.818. The first-order chi connectivity index (χ1) is 8.10. The van der Waals surface area contributed by atoms with Gasteiger partial charge in [-0.25, -0.2) is 9.59 Å². The largest absolute Gasteiger partial charge is 0.478 e. The van der Waals surface area contributed by atoms with Crippen molar-refractivity contribution >= 4 is 12.1 Å². The number of nitrogens with one attached hydrogen (secondary N) is 1. The van der Waals surface area contributed by atoms with Gasteiger partial charge in [0.1, 0.15) is 0 Å². The van der Waals surface area contributed by atoms with Crippen molar-refractivity contribution in [3.05, 3.63) is 0 Å². The van der Waals surface area contributed by atoms with Gasteiger partial charge in [-0.2, -0.15) is 0 Å². The number of carbonyl (C=O) groups is 2. The number of amides is 1. The average Bonchev–Trinajstić information content (AvgIpc) is 2.30. The molecule has 0 spiro atoms. The molecule has 1 atom stereocenters. The quantitative estimate of drug-likeness (QED) is 0.717. The Morgan fingerprint density at radius 3 is 2.76 bits per heavy atom. The Labute approximate surface area is 100 Å². The Kier molecular flexibility index (Phi) is 5.21. The van der Waals surface area contributed by atoms with Gasteiger partial charge in [0.25, 0.3) is 0 Å². The SMILES string of the molecule is CCCCOC(=O)NC1(C(=O)O)CCCCO1. The topological polar surface area (TPSA) is 84.9 Å². The zero-order valence-electron chi connectivity index (χ0n) is 10.0. The molecule has 6 heteroatoms. The molecule has 0 aromatic rings. The van der Waals surface area contributed by atoms with Crippen LogP contribution in [0.4, 0.5) is 4.79 Å². The van der Waals surface area contributed by atoms with Gasteiger partial charge in [-0.15, -0.1) is 0 Å². The number of carboxylic acid groups (broad SMARTS) is 1. The molecule has 0 radical (unpaired) electrons. The summed E-state index contributed by atoms with van der Waals surface area (Å²) in [6, 6.07) is 0. The third-order valence-electron chi connectivity index (χ3n) is 2.65. The van der Waals surface area contributed by atoms with E-state index in [1.54, 1.807) is 0 Å². The maximum atomic E-state index is 11.4. The number of ether oxygens (including phenoxy) is 2. The van der Waals surface area contributed by atoms with Gasteiger partial charge < -0.3 is 14.6 Å². The number of aliphatic carboxylic acids is 1. The van der Waals surface area contributed by atoms with Gasteiger partial charge in [-0.1, -0.05) is 13.3 Å². The summed E-state index contributed by atoms with van der Waals surface area (Å²) in [7, 11) is 0. The standard InChI is InChI=1S/C11H19NO5/c1-2-3-7-16-10(15)12-11(9(13)14)6-4-5-8-17-11/h2-8H2,1H3,(H,12,15)(H,13,14). The van der Waals surface area contributed by atoms with Gasteiger partial charge in [0, 0.05) is 6.42 Å². The molecule has 6 nitrogen and oxygen atoms in total. The van der Waals surface area contributed by atoms with Crippen LogP contribution in [-0.4, -0.2) is 36.1 Å². The van der Waals surface area contributed by atoms with Gasteiger partial charge in [0.15, 0.2) is 0 Å². The van der Waals surface area contributed by atoms with Crippen LogP contribution >= 0.6 is 0 Å². The molecule has 1 fully saturated rings. The second kappa shape index (κ2) is 6.44. The highest BCUT2D eigenvalue weighted by molar-refractivity contribution is 5.82. The van der Waals surface area contributed by atoms with Crippen LogP contribution in [0.5, 0.6) is 0 Å². The van der Waals surface area contributed by atoms with E-state index in [4.69, 9.17) is 14.6 Å². The summed E-state index contributed by atoms with van der Waals surface area (Å²) in [5.74, 6) is -1.18. The van der Waals surface area contributed by atoms with Crippen molar-refractivity contribution < 1.29 is 24.2 Å². The summed E-state index contributed by atoms with van der Waals surface area (Å²) in [5.41, 5.74) is -1.61. The summed E-state index contributed by atoms with van der Waals surface area (Å²) < 4.78 is 10.1. The van der Waals surface area contributed by atoms with Gasteiger partial charge in [-0.3, -0.25) is 5.32 Å². The molecule has 0 aromatic heterocycles. The molecule has 1 aliphatic heterocycles. The van der Waals surface area contributed by atoms with Crippen molar-refractivity contribution in [2.45, 2.75) is 44.8 Å². The second-order valence-corrected chi connectivity index (χ2v) is 4.05. The fourth-order valence-corrected chi connectivity index (χ4v) is 1.63. The predicted octanol–water partition coefficient (Wildman–Crippen LogP) is 1.49. The molecule has 0 aromatic carbocycles. The molecule has 1 saturated heterocycles. The lowest BCUT2D eigenvalue weighted by atomic mass is 10.0. The van der Waals surface area contributed by atoms with E-state index in [9.17, 15) is 9.59 Å². The summed E-state index contributed by atoms with van der Waals surface area (Å²) in [4.78, 5) is 22.6. The fourth-order valence-electron chi connectivity index (χ4n) is 1.63. The third-order valence-corrected chi connectivity index (χ3v) is 2.65. The van der Waals surface area contributed by atoms with Crippen molar-refractivity contribution in [3.8, 4) is 0 Å². The Morgan fingerprint density at radius 2 is 2.24 bits per heavy atom. The maximum Gasteiger partial charge on any atom is 0.409 e. The maximum absolute atomic E-state index is 11.4. The van der Waals surface area contributed by atoms with Crippen LogP contribution in [0.25, 0.3) is 0 Å². The van der Waals surface area contributed by atoms with Crippen LogP contribution in [0.15, 0.2) is 0 Å². The normalized spacial score (nSPS) is 24.1. The second-order valence-electron chi connectivity index (χ2n) is 4.05. The predicted molar refractivity (Wildman–Crippen MR) is 59.6 cm³/mol. The minimum absolute atomic E-state index is 0.269.